The molecule has 0 radical (unpaired) electrons. The number of nitrogen functional groups attached to an aromatic ring is 1. The number of fused-ring (bicyclic) bond motifs is 1. The standard InChI is InChI=1S/C30H26F2N6O6S/c1-42-29-27(38(44-18-39)45(40,41)28-8-6-21(31)15-24(28)32)14-20(17-34-29)19-5-7-25-26(13-19)37(30(33)35-25)23-4-2-3-22(16-23)36-9-11-43-12-10-36/h2-8,13-18H,9-12H2,1H3,(H2,33,35). The van der Waals surface area contributed by atoms with Gasteiger partial charge in [0.1, 0.15) is 16.5 Å². The fourth-order valence-corrected chi connectivity index (χ4v) is 6.40. The van der Waals surface area contributed by atoms with E-state index >= 15 is 0 Å². The molecule has 0 spiro atoms. The first kappa shape index (κ1) is 29.8. The molecule has 6 rings (SSSR count). The summed E-state index contributed by atoms with van der Waals surface area (Å²) in [6, 6.07) is 16.4. The van der Waals surface area contributed by atoms with Crippen LogP contribution in [0.5, 0.6) is 5.88 Å². The number of rotatable bonds is 9. The van der Waals surface area contributed by atoms with E-state index in [2.05, 4.69) is 14.9 Å². The Kier molecular flexibility index (Phi) is 7.95. The molecule has 12 nitrogen and oxygen atoms in total. The van der Waals surface area contributed by atoms with E-state index in [-0.39, 0.29) is 28.5 Å². The molecule has 2 N–H and O–H groups in total. The third-order valence-electron chi connectivity index (χ3n) is 7.23. The Balaban J connectivity index is 1.44. The number of nitrogens with two attached hydrogens (primary N) is 1. The zero-order valence-electron chi connectivity index (χ0n) is 23.8. The van der Waals surface area contributed by atoms with Crippen molar-refractivity contribution in [1.82, 2.24) is 14.5 Å². The van der Waals surface area contributed by atoms with Crippen molar-refractivity contribution in [2.75, 3.05) is 48.5 Å². The minimum absolute atomic E-state index is 0.149. The summed E-state index contributed by atoms with van der Waals surface area (Å²) in [5.41, 5.74) is 10.0. The molecule has 45 heavy (non-hydrogen) atoms. The summed E-state index contributed by atoms with van der Waals surface area (Å²) in [5, 5.41) is 0. The number of sulfonamides is 1. The molecule has 0 aliphatic carbocycles. The van der Waals surface area contributed by atoms with Crippen molar-refractivity contribution < 1.29 is 36.3 Å². The molecule has 232 valence electrons. The Labute approximate surface area is 256 Å². The Bertz CT molecular complexity index is 2020. The molecule has 1 aliphatic rings. The summed E-state index contributed by atoms with van der Waals surface area (Å²) in [6.45, 7) is 2.64. The summed E-state index contributed by atoms with van der Waals surface area (Å²) in [6.07, 6.45) is 1.43. The quantitative estimate of drug-likeness (QED) is 0.186. The predicted octanol–water partition coefficient (Wildman–Crippen LogP) is 4.08. The van der Waals surface area contributed by atoms with Crippen LogP contribution in [-0.2, 0) is 24.4 Å². The monoisotopic (exact) mass is 636 g/mol. The predicted molar refractivity (Wildman–Crippen MR) is 161 cm³/mol. The highest BCUT2D eigenvalue weighted by atomic mass is 32.2. The van der Waals surface area contributed by atoms with Gasteiger partial charge in [-0.3, -0.25) is 9.36 Å². The van der Waals surface area contributed by atoms with E-state index in [4.69, 9.17) is 20.0 Å². The number of carbonyl (C=O) groups is 1. The summed E-state index contributed by atoms with van der Waals surface area (Å²) >= 11 is 0. The lowest BCUT2D eigenvalue weighted by molar-refractivity contribution is -0.128. The number of imidazole rings is 1. The van der Waals surface area contributed by atoms with Gasteiger partial charge in [-0.15, -0.1) is 0 Å². The lowest BCUT2D eigenvalue weighted by atomic mass is 10.1. The fourth-order valence-electron chi connectivity index (χ4n) is 5.14. The van der Waals surface area contributed by atoms with Gasteiger partial charge in [0.25, 0.3) is 10.0 Å². The minimum atomic E-state index is -4.91. The molecule has 1 saturated heterocycles. The van der Waals surface area contributed by atoms with E-state index < -0.39 is 26.6 Å². The van der Waals surface area contributed by atoms with Crippen molar-refractivity contribution in [1.29, 1.82) is 0 Å². The van der Waals surface area contributed by atoms with Crippen LogP contribution in [0.1, 0.15) is 0 Å². The maximum Gasteiger partial charge on any atom is 0.322 e. The molecule has 0 amide bonds. The average Bonchev–Trinajstić information content (AvgIpc) is 3.38. The number of nitrogens with zero attached hydrogens (tertiary/aromatic N) is 5. The van der Waals surface area contributed by atoms with Crippen LogP contribution in [0.3, 0.4) is 0 Å². The van der Waals surface area contributed by atoms with Crippen LogP contribution in [0.25, 0.3) is 27.8 Å². The van der Waals surface area contributed by atoms with Gasteiger partial charge in [0.2, 0.25) is 11.8 Å². The number of hydrogen-bond acceptors (Lipinski definition) is 10. The highest BCUT2D eigenvalue weighted by Gasteiger charge is 2.33. The molecule has 3 heterocycles. The topological polar surface area (TPSA) is 142 Å². The number of aromatic nitrogens is 3. The Hall–Kier alpha value is -5.28. The number of halogens is 2. The fraction of sp³-hybridized carbons (Fsp3) is 0.167. The normalized spacial score (nSPS) is 13.5. The first-order valence-corrected chi connectivity index (χ1v) is 15.0. The first-order valence-electron chi connectivity index (χ1n) is 13.6. The van der Waals surface area contributed by atoms with E-state index in [1.54, 1.807) is 22.8 Å². The molecular weight excluding hydrogens is 610 g/mol. The molecular formula is C30H26F2N6O6S. The Morgan fingerprint density at radius 3 is 2.51 bits per heavy atom. The zero-order valence-corrected chi connectivity index (χ0v) is 24.6. The smallest absolute Gasteiger partial charge is 0.322 e. The number of anilines is 3. The molecule has 1 fully saturated rings. The van der Waals surface area contributed by atoms with E-state index in [9.17, 15) is 22.0 Å². The van der Waals surface area contributed by atoms with Gasteiger partial charge in [-0.25, -0.2) is 18.7 Å². The largest absolute Gasteiger partial charge is 0.479 e. The molecule has 0 saturated carbocycles. The van der Waals surface area contributed by atoms with Crippen LogP contribution in [-0.4, -0.2) is 62.8 Å². The first-order chi connectivity index (χ1) is 21.7. The molecule has 15 heteroatoms. The van der Waals surface area contributed by atoms with Gasteiger partial charge in [0.05, 0.1) is 37.0 Å². The van der Waals surface area contributed by atoms with E-state index in [0.29, 0.717) is 41.4 Å². The number of carbonyl (C=O) groups excluding carboxylic acids is 1. The summed E-state index contributed by atoms with van der Waals surface area (Å²) in [7, 11) is -3.68. The van der Waals surface area contributed by atoms with Crippen molar-refractivity contribution in [2.45, 2.75) is 4.90 Å². The van der Waals surface area contributed by atoms with Crippen molar-refractivity contribution in [3.8, 4) is 22.7 Å². The highest BCUT2D eigenvalue weighted by Crippen LogP contribution is 2.37. The van der Waals surface area contributed by atoms with Gasteiger partial charge >= 0.3 is 6.47 Å². The second kappa shape index (κ2) is 12.0. The molecule has 0 atom stereocenters. The van der Waals surface area contributed by atoms with Crippen LogP contribution in [0.15, 0.2) is 77.8 Å². The van der Waals surface area contributed by atoms with E-state index in [0.717, 1.165) is 36.6 Å². The number of hydrogen-bond donors (Lipinski definition) is 1. The van der Waals surface area contributed by atoms with Crippen LogP contribution < -0.4 is 19.8 Å². The van der Waals surface area contributed by atoms with Crippen LogP contribution in [0, 0.1) is 11.6 Å². The number of benzene rings is 3. The summed E-state index contributed by atoms with van der Waals surface area (Å²) in [4.78, 5) is 26.3. The zero-order chi connectivity index (χ0) is 31.7. The lowest BCUT2D eigenvalue weighted by Gasteiger charge is -2.29. The summed E-state index contributed by atoms with van der Waals surface area (Å²) < 4.78 is 67.7. The van der Waals surface area contributed by atoms with Crippen molar-refractivity contribution in [3.05, 3.63) is 84.6 Å². The van der Waals surface area contributed by atoms with Gasteiger partial charge in [0.15, 0.2) is 5.69 Å². The second-order valence-corrected chi connectivity index (χ2v) is 11.6. The number of morpholine rings is 1. The van der Waals surface area contributed by atoms with E-state index in [1.165, 1.54) is 19.4 Å². The number of methoxy groups -OCH3 is 1. The lowest BCUT2D eigenvalue weighted by Crippen LogP contribution is -2.36. The third-order valence-corrected chi connectivity index (χ3v) is 8.84. The minimum Gasteiger partial charge on any atom is -0.479 e. The van der Waals surface area contributed by atoms with Crippen LogP contribution >= 0.6 is 0 Å². The highest BCUT2D eigenvalue weighted by molar-refractivity contribution is 7.92. The van der Waals surface area contributed by atoms with Crippen molar-refractivity contribution in [3.63, 3.8) is 0 Å². The Morgan fingerprint density at radius 2 is 1.78 bits per heavy atom. The van der Waals surface area contributed by atoms with Gasteiger partial charge in [0, 0.05) is 36.6 Å². The van der Waals surface area contributed by atoms with Crippen LogP contribution in [0.2, 0.25) is 0 Å². The Morgan fingerprint density at radius 1 is 1.00 bits per heavy atom. The number of pyridine rings is 1. The maximum absolute atomic E-state index is 14.6. The van der Waals surface area contributed by atoms with Gasteiger partial charge in [-0.2, -0.15) is 8.42 Å². The van der Waals surface area contributed by atoms with Crippen molar-refractivity contribution in [2.24, 2.45) is 0 Å². The van der Waals surface area contributed by atoms with Gasteiger partial charge < -0.3 is 24.9 Å². The van der Waals surface area contributed by atoms with E-state index in [1.807, 2.05) is 24.3 Å². The molecule has 0 bridgehead atoms. The maximum atomic E-state index is 14.6. The molecule has 1 aliphatic heterocycles. The molecule has 0 unspecified atom stereocenters. The SMILES string of the molecule is COc1ncc(-c2ccc3nc(N)n(-c4cccc(N5CCOCC5)c4)c3c2)cc1N(OC=O)S(=O)(=O)c1ccc(F)cc1F. The average molecular weight is 637 g/mol. The molecule has 3 aromatic carbocycles. The van der Waals surface area contributed by atoms with Crippen molar-refractivity contribution >= 4 is 44.9 Å². The molecule has 2 aromatic heterocycles. The molecule has 5 aromatic rings. The van der Waals surface area contributed by atoms with Gasteiger partial charge in [-0.1, -0.05) is 16.6 Å². The van der Waals surface area contributed by atoms with Gasteiger partial charge in [-0.05, 0) is 54.1 Å². The third kappa shape index (κ3) is 5.58. The van der Waals surface area contributed by atoms with Crippen LogP contribution in [0.4, 0.5) is 26.1 Å². The number of ether oxygens (including phenoxy) is 2. The summed E-state index contributed by atoms with van der Waals surface area (Å²) in [5.74, 6) is -2.36. The second-order valence-electron chi connectivity index (χ2n) is 9.89.